The average Bonchev–Trinajstić information content (AvgIpc) is 2.92. The van der Waals surface area contributed by atoms with Crippen molar-refractivity contribution >= 4 is 5.91 Å². The lowest BCUT2D eigenvalue weighted by Gasteiger charge is -2.27. The summed E-state index contributed by atoms with van der Waals surface area (Å²) in [5.41, 5.74) is 6.68. The van der Waals surface area contributed by atoms with Gasteiger partial charge in [-0.2, -0.15) is 0 Å². The van der Waals surface area contributed by atoms with Crippen molar-refractivity contribution in [3.63, 3.8) is 0 Å². The molecule has 1 heterocycles. The van der Waals surface area contributed by atoms with E-state index in [9.17, 15) is 4.79 Å². The predicted octanol–water partition coefficient (Wildman–Crippen LogP) is 2.52. The van der Waals surface area contributed by atoms with Gasteiger partial charge in [-0.05, 0) is 44.7 Å². The molecule has 1 aliphatic heterocycles. The second-order valence-electron chi connectivity index (χ2n) is 5.39. The monoisotopic (exact) mass is 260 g/mol. The summed E-state index contributed by atoms with van der Waals surface area (Å²) >= 11 is 0. The molecule has 0 radical (unpaired) electrons. The molecule has 2 rings (SSSR count). The molecule has 0 saturated carbocycles. The van der Waals surface area contributed by atoms with Gasteiger partial charge in [0, 0.05) is 12.6 Å². The van der Waals surface area contributed by atoms with Crippen LogP contribution in [-0.2, 0) is 4.79 Å². The lowest BCUT2D eigenvalue weighted by molar-refractivity contribution is -0.133. The van der Waals surface area contributed by atoms with Crippen LogP contribution in [0.3, 0.4) is 0 Å². The Bertz CT molecular complexity index is 404. The lowest BCUT2D eigenvalue weighted by Crippen LogP contribution is -2.38. The number of amides is 1. The van der Waals surface area contributed by atoms with Gasteiger partial charge >= 0.3 is 0 Å². The Hall–Kier alpha value is -1.35. The molecule has 0 aromatic heterocycles. The van der Waals surface area contributed by atoms with Gasteiger partial charge in [-0.3, -0.25) is 4.79 Å². The highest BCUT2D eigenvalue weighted by molar-refractivity contribution is 5.83. The van der Waals surface area contributed by atoms with Crippen molar-refractivity contribution < 1.29 is 4.79 Å². The second kappa shape index (κ2) is 6.71. The number of hydrogen-bond acceptors (Lipinski definition) is 2. The van der Waals surface area contributed by atoms with Crippen LogP contribution in [0.5, 0.6) is 0 Å². The van der Waals surface area contributed by atoms with Crippen molar-refractivity contribution in [3.05, 3.63) is 35.9 Å². The summed E-state index contributed by atoms with van der Waals surface area (Å²) in [6, 6.07) is 10.5. The van der Waals surface area contributed by atoms with Crippen LogP contribution in [0.2, 0.25) is 0 Å². The largest absolute Gasteiger partial charge is 0.339 e. The van der Waals surface area contributed by atoms with E-state index < -0.39 is 0 Å². The van der Waals surface area contributed by atoms with Gasteiger partial charge in [-0.25, -0.2) is 0 Å². The number of likely N-dealkylation sites (tertiary alicyclic amines) is 1. The van der Waals surface area contributed by atoms with Gasteiger partial charge in [0.25, 0.3) is 0 Å². The van der Waals surface area contributed by atoms with Crippen molar-refractivity contribution in [3.8, 4) is 0 Å². The Labute approximate surface area is 115 Å². The SMILES string of the molecule is CC(C(=O)N1CCCC1CCCN)c1ccccc1. The average molecular weight is 260 g/mol. The zero-order valence-electron chi connectivity index (χ0n) is 11.7. The van der Waals surface area contributed by atoms with E-state index in [4.69, 9.17) is 5.73 Å². The van der Waals surface area contributed by atoms with Crippen molar-refractivity contribution in [2.45, 2.75) is 44.6 Å². The van der Waals surface area contributed by atoms with Gasteiger partial charge in [0.1, 0.15) is 0 Å². The van der Waals surface area contributed by atoms with Gasteiger partial charge in [-0.1, -0.05) is 30.3 Å². The Balaban J connectivity index is 2.02. The quantitative estimate of drug-likeness (QED) is 0.884. The van der Waals surface area contributed by atoms with Gasteiger partial charge in [0.2, 0.25) is 5.91 Å². The molecule has 104 valence electrons. The molecular weight excluding hydrogens is 236 g/mol. The molecule has 0 bridgehead atoms. The molecule has 2 N–H and O–H groups in total. The molecule has 1 aliphatic rings. The number of rotatable bonds is 5. The number of carbonyl (C=O) groups excluding carboxylic acids is 1. The highest BCUT2D eigenvalue weighted by atomic mass is 16.2. The maximum absolute atomic E-state index is 12.6. The smallest absolute Gasteiger partial charge is 0.230 e. The first-order valence-electron chi connectivity index (χ1n) is 7.29. The molecule has 1 aromatic carbocycles. The van der Waals surface area contributed by atoms with Crippen LogP contribution in [0, 0.1) is 0 Å². The summed E-state index contributed by atoms with van der Waals surface area (Å²) in [6.07, 6.45) is 4.31. The zero-order valence-corrected chi connectivity index (χ0v) is 11.7. The molecule has 1 aromatic rings. The van der Waals surface area contributed by atoms with Crippen LogP contribution < -0.4 is 5.73 Å². The van der Waals surface area contributed by atoms with E-state index in [1.807, 2.05) is 37.3 Å². The van der Waals surface area contributed by atoms with Crippen LogP contribution >= 0.6 is 0 Å². The summed E-state index contributed by atoms with van der Waals surface area (Å²) in [5, 5.41) is 0. The standard InChI is InChI=1S/C16H24N2O/c1-13(14-7-3-2-4-8-14)16(19)18-12-6-10-15(18)9-5-11-17/h2-4,7-8,13,15H,5-6,9-12,17H2,1H3. The summed E-state index contributed by atoms with van der Waals surface area (Å²) in [7, 11) is 0. The minimum absolute atomic E-state index is 0.0420. The van der Waals surface area contributed by atoms with Crippen LogP contribution in [-0.4, -0.2) is 29.9 Å². The third-order valence-corrected chi connectivity index (χ3v) is 4.07. The predicted molar refractivity (Wildman–Crippen MR) is 77.9 cm³/mol. The van der Waals surface area contributed by atoms with E-state index >= 15 is 0 Å². The fourth-order valence-electron chi connectivity index (χ4n) is 2.91. The van der Waals surface area contributed by atoms with E-state index in [1.54, 1.807) is 0 Å². The van der Waals surface area contributed by atoms with Crippen LogP contribution in [0.15, 0.2) is 30.3 Å². The summed E-state index contributed by atoms with van der Waals surface area (Å²) < 4.78 is 0. The molecule has 1 saturated heterocycles. The van der Waals surface area contributed by atoms with Crippen molar-refractivity contribution in [1.82, 2.24) is 4.90 Å². The highest BCUT2D eigenvalue weighted by Gasteiger charge is 2.31. The van der Waals surface area contributed by atoms with Crippen LogP contribution in [0.1, 0.15) is 44.1 Å². The van der Waals surface area contributed by atoms with E-state index in [0.29, 0.717) is 12.6 Å². The van der Waals surface area contributed by atoms with Crippen molar-refractivity contribution in [2.75, 3.05) is 13.1 Å². The number of hydrogen-bond donors (Lipinski definition) is 1. The third kappa shape index (κ3) is 3.35. The van der Waals surface area contributed by atoms with E-state index in [1.165, 1.54) is 0 Å². The molecule has 1 fully saturated rings. The van der Waals surface area contributed by atoms with Gasteiger partial charge in [-0.15, -0.1) is 0 Å². The van der Waals surface area contributed by atoms with E-state index in [0.717, 1.165) is 37.8 Å². The summed E-state index contributed by atoms with van der Waals surface area (Å²) in [5.74, 6) is 0.227. The molecule has 19 heavy (non-hydrogen) atoms. The van der Waals surface area contributed by atoms with Crippen LogP contribution in [0.4, 0.5) is 0 Å². The third-order valence-electron chi connectivity index (χ3n) is 4.07. The molecule has 2 unspecified atom stereocenters. The zero-order chi connectivity index (χ0) is 13.7. The molecule has 0 aliphatic carbocycles. The fraction of sp³-hybridized carbons (Fsp3) is 0.562. The van der Waals surface area contributed by atoms with Gasteiger partial charge < -0.3 is 10.6 Å². The first-order chi connectivity index (χ1) is 9.24. The van der Waals surface area contributed by atoms with Gasteiger partial charge in [0.15, 0.2) is 0 Å². The molecular formula is C16H24N2O. The lowest BCUT2D eigenvalue weighted by atomic mass is 9.99. The Kier molecular flexibility index (Phi) is 4.97. The second-order valence-corrected chi connectivity index (χ2v) is 5.39. The topological polar surface area (TPSA) is 46.3 Å². The normalized spacial score (nSPS) is 20.5. The number of benzene rings is 1. The van der Waals surface area contributed by atoms with E-state index in [2.05, 4.69) is 4.90 Å². The molecule has 3 nitrogen and oxygen atoms in total. The van der Waals surface area contributed by atoms with Gasteiger partial charge in [0.05, 0.1) is 5.92 Å². The minimum Gasteiger partial charge on any atom is -0.339 e. The summed E-state index contributed by atoms with van der Waals surface area (Å²) in [4.78, 5) is 14.7. The number of nitrogens with zero attached hydrogens (tertiary/aromatic N) is 1. The first kappa shape index (κ1) is 14.1. The minimum atomic E-state index is -0.0420. The number of nitrogens with two attached hydrogens (primary N) is 1. The molecule has 2 atom stereocenters. The molecule has 0 spiro atoms. The molecule has 1 amide bonds. The van der Waals surface area contributed by atoms with Crippen LogP contribution in [0.25, 0.3) is 0 Å². The fourth-order valence-corrected chi connectivity index (χ4v) is 2.91. The molecule has 3 heteroatoms. The maximum atomic E-state index is 12.6. The summed E-state index contributed by atoms with van der Waals surface area (Å²) in [6.45, 7) is 3.63. The Morgan fingerprint density at radius 1 is 1.42 bits per heavy atom. The van der Waals surface area contributed by atoms with Crippen molar-refractivity contribution in [1.29, 1.82) is 0 Å². The Morgan fingerprint density at radius 2 is 2.16 bits per heavy atom. The van der Waals surface area contributed by atoms with Crippen molar-refractivity contribution in [2.24, 2.45) is 5.73 Å². The maximum Gasteiger partial charge on any atom is 0.230 e. The Morgan fingerprint density at radius 3 is 2.84 bits per heavy atom. The highest BCUT2D eigenvalue weighted by Crippen LogP contribution is 2.26. The first-order valence-corrected chi connectivity index (χ1v) is 7.29. The van der Waals surface area contributed by atoms with E-state index in [-0.39, 0.29) is 11.8 Å². The number of carbonyl (C=O) groups is 1.